The quantitative estimate of drug-likeness (QED) is 0.822. The first-order valence-corrected chi connectivity index (χ1v) is 8.15. The number of hydrogen-bond acceptors (Lipinski definition) is 3. The Bertz CT molecular complexity index is 669. The SMILES string of the molecule is CCCC(NC(=O)c1ccc(CC(=O)NC)cc1)c1ccccn1. The van der Waals surface area contributed by atoms with E-state index in [4.69, 9.17) is 0 Å². The normalized spacial score (nSPS) is 11.6. The fourth-order valence-electron chi connectivity index (χ4n) is 2.45. The van der Waals surface area contributed by atoms with Crippen LogP contribution in [0.4, 0.5) is 0 Å². The Kier molecular flexibility index (Phi) is 6.49. The molecule has 1 atom stereocenters. The molecule has 2 rings (SSSR count). The van der Waals surface area contributed by atoms with Crippen molar-refractivity contribution in [2.75, 3.05) is 7.05 Å². The predicted octanol–water partition coefficient (Wildman–Crippen LogP) is 2.64. The van der Waals surface area contributed by atoms with Crippen molar-refractivity contribution < 1.29 is 9.59 Å². The van der Waals surface area contributed by atoms with E-state index in [-0.39, 0.29) is 17.9 Å². The summed E-state index contributed by atoms with van der Waals surface area (Å²) >= 11 is 0. The summed E-state index contributed by atoms with van der Waals surface area (Å²) < 4.78 is 0. The molecule has 0 fully saturated rings. The second-order valence-electron chi connectivity index (χ2n) is 5.62. The van der Waals surface area contributed by atoms with Gasteiger partial charge in [0.2, 0.25) is 5.91 Å². The third-order valence-corrected chi connectivity index (χ3v) is 3.79. The fraction of sp³-hybridized carbons (Fsp3) is 0.316. The van der Waals surface area contributed by atoms with Crippen molar-refractivity contribution in [3.05, 3.63) is 65.5 Å². The molecular weight excluding hydrogens is 302 g/mol. The number of benzene rings is 1. The van der Waals surface area contributed by atoms with Gasteiger partial charge in [0.1, 0.15) is 0 Å². The van der Waals surface area contributed by atoms with Crippen molar-refractivity contribution in [2.45, 2.75) is 32.2 Å². The molecule has 1 aromatic carbocycles. The molecule has 5 nitrogen and oxygen atoms in total. The van der Waals surface area contributed by atoms with Crippen LogP contribution in [0.25, 0.3) is 0 Å². The molecule has 2 aromatic rings. The smallest absolute Gasteiger partial charge is 0.251 e. The van der Waals surface area contributed by atoms with Gasteiger partial charge in [0.25, 0.3) is 5.91 Å². The zero-order valence-corrected chi connectivity index (χ0v) is 14.1. The molecule has 24 heavy (non-hydrogen) atoms. The van der Waals surface area contributed by atoms with E-state index >= 15 is 0 Å². The number of rotatable bonds is 7. The summed E-state index contributed by atoms with van der Waals surface area (Å²) in [6.07, 6.45) is 3.83. The summed E-state index contributed by atoms with van der Waals surface area (Å²) in [5.41, 5.74) is 2.32. The lowest BCUT2D eigenvalue weighted by atomic mass is 10.1. The van der Waals surface area contributed by atoms with Crippen LogP contribution >= 0.6 is 0 Å². The van der Waals surface area contributed by atoms with Crippen LogP contribution in [-0.2, 0) is 11.2 Å². The minimum Gasteiger partial charge on any atom is -0.359 e. The van der Waals surface area contributed by atoms with Crippen molar-refractivity contribution in [1.29, 1.82) is 0 Å². The van der Waals surface area contributed by atoms with E-state index in [0.29, 0.717) is 12.0 Å². The molecule has 0 aliphatic heterocycles. The average Bonchev–Trinajstić information content (AvgIpc) is 2.62. The Labute approximate surface area is 142 Å². The van der Waals surface area contributed by atoms with Gasteiger partial charge in [0.15, 0.2) is 0 Å². The second kappa shape index (κ2) is 8.82. The number of pyridine rings is 1. The third-order valence-electron chi connectivity index (χ3n) is 3.79. The van der Waals surface area contributed by atoms with E-state index in [2.05, 4.69) is 22.5 Å². The number of aromatic nitrogens is 1. The molecule has 0 saturated heterocycles. The first-order valence-electron chi connectivity index (χ1n) is 8.15. The standard InChI is InChI=1S/C19H23N3O2/c1-3-6-17(16-7-4-5-12-21-16)22-19(24)15-10-8-14(9-11-15)13-18(23)20-2/h4-5,7-12,17H,3,6,13H2,1-2H3,(H,20,23)(H,22,24). The van der Waals surface area contributed by atoms with Gasteiger partial charge in [-0.05, 0) is 36.2 Å². The summed E-state index contributed by atoms with van der Waals surface area (Å²) in [7, 11) is 1.61. The summed E-state index contributed by atoms with van der Waals surface area (Å²) in [6, 6.07) is 12.7. The Morgan fingerprint density at radius 3 is 2.46 bits per heavy atom. The first kappa shape index (κ1) is 17.7. The van der Waals surface area contributed by atoms with E-state index in [1.807, 2.05) is 18.2 Å². The van der Waals surface area contributed by atoms with Gasteiger partial charge in [-0.25, -0.2) is 0 Å². The van der Waals surface area contributed by atoms with Crippen molar-refractivity contribution in [1.82, 2.24) is 15.6 Å². The second-order valence-corrected chi connectivity index (χ2v) is 5.62. The number of carbonyl (C=O) groups excluding carboxylic acids is 2. The van der Waals surface area contributed by atoms with Crippen LogP contribution in [0.15, 0.2) is 48.7 Å². The van der Waals surface area contributed by atoms with E-state index in [9.17, 15) is 9.59 Å². The van der Waals surface area contributed by atoms with Gasteiger partial charge in [-0.3, -0.25) is 14.6 Å². The Hall–Kier alpha value is -2.69. The van der Waals surface area contributed by atoms with Gasteiger partial charge >= 0.3 is 0 Å². The van der Waals surface area contributed by atoms with Crippen LogP contribution < -0.4 is 10.6 Å². The topological polar surface area (TPSA) is 71.1 Å². The maximum atomic E-state index is 12.5. The molecule has 0 saturated carbocycles. The minimum atomic E-state index is -0.134. The number of amides is 2. The van der Waals surface area contributed by atoms with Crippen LogP contribution in [0.3, 0.4) is 0 Å². The number of nitrogens with zero attached hydrogens (tertiary/aromatic N) is 1. The number of carbonyl (C=O) groups is 2. The van der Waals surface area contributed by atoms with Crippen molar-refractivity contribution >= 4 is 11.8 Å². The lowest BCUT2D eigenvalue weighted by Crippen LogP contribution is -2.29. The molecule has 0 bridgehead atoms. The molecule has 1 heterocycles. The van der Waals surface area contributed by atoms with Gasteiger partial charge in [-0.1, -0.05) is 31.5 Å². The molecule has 5 heteroatoms. The number of nitrogens with one attached hydrogen (secondary N) is 2. The Morgan fingerprint density at radius 2 is 1.88 bits per heavy atom. The van der Waals surface area contributed by atoms with Gasteiger partial charge < -0.3 is 10.6 Å². The molecule has 1 unspecified atom stereocenters. The molecular formula is C19H23N3O2. The van der Waals surface area contributed by atoms with Crippen molar-refractivity contribution in [3.63, 3.8) is 0 Å². The average molecular weight is 325 g/mol. The van der Waals surface area contributed by atoms with Gasteiger partial charge in [0.05, 0.1) is 18.2 Å². The van der Waals surface area contributed by atoms with Crippen LogP contribution in [-0.4, -0.2) is 23.8 Å². The lowest BCUT2D eigenvalue weighted by Gasteiger charge is -2.17. The highest BCUT2D eigenvalue weighted by atomic mass is 16.2. The molecule has 2 amide bonds. The summed E-state index contributed by atoms with van der Waals surface area (Å²) in [5.74, 6) is -0.184. The van der Waals surface area contributed by atoms with Gasteiger partial charge in [0, 0.05) is 18.8 Å². The fourth-order valence-corrected chi connectivity index (χ4v) is 2.45. The Balaban J connectivity index is 2.05. The van der Waals surface area contributed by atoms with Crippen LogP contribution in [0.5, 0.6) is 0 Å². The van der Waals surface area contributed by atoms with Crippen LogP contribution in [0, 0.1) is 0 Å². The predicted molar refractivity (Wildman–Crippen MR) is 93.6 cm³/mol. The zero-order chi connectivity index (χ0) is 17.4. The molecule has 0 radical (unpaired) electrons. The molecule has 0 spiro atoms. The minimum absolute atomic E-state index is 0.0506. The van der Waals surface area contributed by atoms with Gasteiger partial charge in [-0.15, -0.1) is 0 Å². The van der Waals surface area contributed by atoms with Crippen LogP contribution in [0.1, 0.15) is 47.4 Å². The highest BCUT2D eigenvalue weighted by molar-refractivity contribution is 5.94. The molecule has 126 valence electrons. The number of hydrogen-bond donors (Lipinski definition) is 2. The third kappa shape index (κ3) is 4.91. The molecule has 0 aliphatic rings. The highest BCUT2D eigenvalue weighted by Crippen LogP contribution is 2.17. The maximum absolute atomic E-state index is 12.5. The van der Waals surface area contributed by atoms with E-state index in [0.717, 1.165) is 24.1 Å². The summed E-state index contributed by atoms with van der Waals surface area (Å²) in [6.45, 7) is 2.08. The lowest BCUT2D eigenvalue weighted by molar-refractivity contribution is -0.119. The summed E-state index contributed by atoms with van der Waals surface area (Å²) in [4.78, 5) is 28.2. The Morgan fingerprint density at radius 1 is 1.12 bits per heavy atom. The number of likely N-dealkylation sites (N-methyl/N-ethyl adjacent to an activating group) is 1. The van der Waals surface area contributed by atoms with E-state index in [1.165, 1.54) is 0 Å². The highest BCUT2D eigenvalue weighted by Gasteiger charge is 2.16. The van der Waals surface area contributed by atoms with Crippen LogP contribution in [0.2, 0.25) is 0 Å². The first-order chi connectivity index (χ1) is 11.6. The molecule has 2 N–H and O–H groups in total. The van der Waals surface area contributed by atoms with Crippen molar-refractivity contribution in [2.24, 2.45) is 0 Å². The monoisotopic (exact) mass is 325 g/mol. The van der Waals surface area contributed by atoms with Gasteiger partial charge in [-0.2, -0.15) is 0 Å². The zero-order valence-electron chi connectivity index (χ0n) is 14.1. The molecule has 0 aliphatic carbocycles. The maximum Gasteiger partial charge on any atom is 0.251 e. The largest absolute Gasteiger partial charge is 0.359 e. The van der Waals surface area contributed by atoms with E-state index < -0.39 is 0 Å². The van der Waals surface area contributed by atoms with E-state index in [1.54, 1.807) is 37.5 Å². The summed E-state index contributed by atoms with van der Waals surface area (Å²) in [5, 5.41) is 5.63. The molecule has 1 aromatic heterocycles. The van der Waals surface area contributed by atoms with Crippen molar-refractivity contribution in [3.8, 4) is 0 Å².